The van der Waals surface area contributed by atoms with E-state index in [1.54, 1.807) is 18.2 Å². The van der Waals surface area contributed by atoms with Crippen LogP contribution in [0, 0.1) is 0 Å². The van der Waals surface area contributed by atoms with Gasteiger partial charge in [0.1, 0.15) is 11.9 Å². The standard InChI is InChI=1S/C16H19ClN4O3/c1-9(2)14-18-13(15(22)20(4)10(3)16(23)24)19-21(14)12-8-6-5-7-11(12)17/h5-10H,1-4H3,(H,23,24). The molecule has 0 aliphatic heterocycles. The second-order valence-corrected chi connectivity index (χ2v) is 6.15. The lowest BCUT2D eigenvalue weighted by Gasteiger charge is -2.19. The molecule has 0 radical (unpaired) electrons. The van der Waals surface area contributed by atoms with Crippen LogP contribution in [0.15, 0.2) is 24.3 Å². The third-order valence-corrected chi connectivity index (χ3v) is 4.00. The van der Waals surface area contributed by atoms with Gasteiger partial charge in [0.2, 0.25) is 5.82 Å². The van der Waals surface area contributed by atoms with Crippen LogP contribution in [-0.2, 0) is 4.79 Å². The maximum atomic E-state index is 12.5. The zero-order valence-electron chi connectivity index (χ0n) is 13.9. The van der Waals surface area contributed by atoms with Gasteiger partial charge in [-0.25, -0.2) is 14.5 Å². The number of aromatic nitrogens is 3. The van der Waals surface area contributed by atoms with E-state index in [0.29, 0.717) is 16.5 Å². The molecule has 7 nitrogen and oxygen atoms in total. The number of carbonyl (C=O) groups excluding carboxylic acids is 1. The Hall–Kier alpha value is -2.41. The summed E-state index contributed by atoms with van der Waals surface area (Å²) >= 11 is 6.22. The first kappa shape index (κ1) is 17.9. The van der Waals surface area contributed by atoms with Crippen LogP contribution in [0.3, 0.4) is 0 Å². The molecular formula is C16H19ClN4O3. The third-order valence-electron chi connectivity index (χ3n) is 3.68. The number of benzene rings is 1. The minimum Gasteiger partial charge on any atom is -0.480 e. The maximum Gasteiger partial charge on any atom is 0.326 e. The molecule has 1 atom stereocenters. The summed E-state index contributed by atoms with van der Waals surface area (Å²) in [6, 6.07) is 6.13. The van der Waals surface area contributed by atoms with Gasteiger partial charge in [-0.3, -0.25) is 4.79 Å². The second kappa shape index (κ2) is 7.00. The summed E-state index contributed by atoms with van der Waals surface area (Å²) in [6.07, 6.45) is 0. The quantitative estimate of drug-likeness (QED) is 0.895. The fourth-order valence-corrected chi connectivity index (χ4v) is 2.30. The van der Waals surface area contributed by atoms with Crippen LogP contribution in [0.25, 0.3) is 5.69 Å². The van der Waals surface area contributed by atoms with Crippen molar-refractivity contribution in [1.82, 2.24) is 19.7 Å². The van der Waals surface area contributed by atoms with E-state index in [2.05, 4.69) is 10.1 Å². The molecule has 8 heteroatoms. The molecule has 24 heavy (non-hydrogen) atoms. The first-order chi connectivity index (χ1) is 11.2. The van der Waals surface area contributed by atoms with Gasteiger partial charge in [0.15, 0.2) is 0 Å². The number of hydrogen-bond acceptors (Lipinski definition) is 4. The molecule has 0 fully saturated rings. The fourth-order valence-electron chi connectivity index (χ4n) is 2.09. The average Bonchev–Trinajstić information content (AvgIpc) is 2.98. The van der Waals surface area contributed by atoms with E-state index in [1.165, 1.54) is 18.7 Å². The molecule has 2 aromatic rings. The van der Waals surface area contributed by atoms with E-state index in [4.69, 9.17) is 16.7 Å². The van der Waals surface area contributed by atoms with Gasteiger partial charge in [0.05, 0.1) is 10.7 Å². The molecule has 2 rings (SSSR count). The lowest BCUT2D eigenvalue weighted by Crippen LogP contribution is -2.40. The highest BCUT2D eigenvalue weighted by atomic mass is 35.5. The summed E-state index contributed by atoms with van der Waals surface area (Å²) in [6.45, 7) is 5.28. The van der Waals surface area contributed by atoms with E-state index in [1.807, 2.05) is 19.9 Å². The minimum atomic E-state index is -1.10. The molecule has 0 aliphatic rings. The summed E-state index contributed by atoms with van der Waals surface area (Å²) in [5.41, 5.74) is 0.614. The number of rotatable bonds is 5. The molecule has 1 unspecified atom stereocenters. The number of halogens is 1. The molecule has 0 spiro atoms. The van der Waals surface area contributed by atoms with E-state index in [-0.39, 0.29) is 11.7 Å². The van der Waals surface area contributed by atoms with Crippen LogP contribution in [0.4, 0.5) is 0 Å². The van der Waals surface area contributed by atoms with Crippen LogP contribution in [0.5, 0.6) is 0 Å². The molecule has 1 N–H and O–H groups in total. The summed E-state index contributed by atoms with van der Waals surface area (Å²) in [5, 5.41) is 13.8. The van der Waals surface area contributed by atoms with Crippen LogP contribution in [0.2, 0.25) is 5.02 Å². The van der Waals surface area contributed by atoms with Gasteiger partial charge in [-0.15, -0.1) is 5.10 Å². The number of carbonyl (C=O) groups is 2. The van der Waals surface area contributed by atoms with Gasteiger partial charge >= 0.3 is 5.97 Å². The van der Waals surface area contributed by atoms with Crippen molar-refractivity contribution < 1.29 is 14.7 Å². The third kappa shape index (κ3) is 3.41. The van der Waals surface area contributed by atoms with Crippen molar-refractivity contribution in [2.24, 2.45) is 0 Å². The van der Waals surface area contributed by atoms with Gasteiger partial charge in [-0.2, -0.15) is 0 Å². The van der Waals surface area contributed by atoms with Crippen LogP contribution in [-0.4, -0.2) is 49.7 Å². The summed E-state index contributed by atoms with van der Waals surface area (Å²) < 4.78 is 1.53. The van der Waals surface area contributed by atoms with Gasteiger partial charge in [-0.1, -0.05) is 37.6 Å². The molecule has 1 aromatic heterocycles. The van der Waals surface area contributed by atoms with E-state index < -0.39 is 17.9 Å². The number of hydrogen-bond donors (Lipinski definition) is 1. The second-order valence-electron chi connectivity index (χ2n) is 5.74. The normalized spacial score (nSPS) is 12.2. The van der Waals surface area contributed by atoms with Crippen LogP contribution in [0.1, 0.15) is 43.1 Å². The van der Waals surface area contributed by atoms with Gasteiger partial charge < -0.3 is 10.0 Å². The predicted octanol–water partition coefficient (Wildman–Crippen LogP) is 2.59. The smallest absolute Gasteiger partial charge is 0.326 e. The topological polar surface area (TPSA) is 88.3 Å². The monoisotopic (exact) mass is 350 g/mol. The van der Waals surface area contributed by atoms with Crippen molar-refractivity contribution in [3.05, 3.63) is 40.9 Å². The van der Waals surface area contributed by atoms with Gasteiger partial charge in [-0.05, 0) is 19.1 Å². The Kier molecular flexibility index (Phi) is 5.23. The molecule has 0 aliphatic carbocycles. The van der Waals surface area contributed by atoms with Crippen LogP contribution >= 0.6 is 11.6 Å². The highest BCUT2D eigenvalue weighted by Crippen LogP contribution is 2.24. The Morgan fingerprint density at radius 2 is 1.88 bits per heavy atom. The van der Waals surface area contributed by atoms with Crippen molar-refractivity contribution in [1.29, 1.82) is 0 Å². The lowest BCUT2D eigenvalue weighted by atomic mass is 10.2. The van der Waals surface area contributed by atoms with E-state index >= 15 is 0 Å². The maximum absolute atomic E-state index is 12.5. The van der Waals surface area contributed by atoms with Gasteiger partial charge in [0, 0.05) is 13.0 Å². The lowest BCUT2D eigenvalue weighted by molar-refractivity contribution is -0.141. The predicted molar refractivity (Wildman–Crippen MR) is 89.6 cm³/mol. The number of aliphatic carboxylic acids is 1. The van der Waals surface area contributed by atoms with Crippen molar-refractivity contribution in [2.45, 2.75) is 32.7 Å². The highest BCUT2D eigenvalue weighted by Gasteiger charge is 2.27. The zero-order valence-corrected chi connectivity index (χ0v) is 14.7. The molecular weight excluding hydrogens is 332 g/mol. The van der Waals surface area contributed by atoms with E-state index in [9.17, 15) is 9.59 Å². The van der Waals surface area contributed by atoms with Crippen molar-refractivity contribution in [3.63, 3.8) is 0 Å². The molecule has 1 aromatic carbocycles. The Balaban J connectivity index is 2.48. The van der Waals surface area contributed by atoms with Crippen molar-refractivity contribution in [2.75, 3.05) is 7.05 Å². The number of carboxylic acid groups (broad SMARTS) is 1. The summed E-state index contributed by atoms with van der Waals surface area (Å²) in [5.74, 6) is -1.15. The van der Waals surface area contributed by atoms with E-state index in [0.717, 1.165) is 4.90 Å². The Labute approximate surface area is 144 Å². The molecule has 0 saturated heterocycles. The van der Waals surface area contributed by atoms with Gasteiger partial charge in [0.25, 0.3) is 5.91 Å². The first-order valence-electron chi connectivity index (χ1n) is 7.45. The highest BCUT2D eigenvalue weighted by molar-refractivity contribution is 6.32. The van der Waals surface area contributed by atoms with Crippen molar-refractivity contribution in [3.8, 4) is 5.69 Å². The number of nitrogens with zero attached hydrogens (tertiary/aromatic N) is 4. The average molecular weight is 351 g/mol. The SMILES string of the molecule is CC(C)c1nc(C(=O)N(C)C(C)C(=O)O)nn1-c1ccccc1Cl. The molecule has 128 valence electrons. The molecule has 1 heterocycles. The van der Waals surface area contributed by atoms with Crippen molar-refractivity contribution >= 4 is 23.5 Å². The molecule has 0 bridgehead atoms. The first-order valence-corrected chi connectivity index (χ1v) is 7.83. The number of carboxylic acids is 1. The number of likely N-dealkylation sites (N-methyl/N-ethyl adjacent to an activating group) is 1. The largest absolute Gasteiger partial charge is 0.480 e. The Morgan fingerprint density at radius 3 is 2.42 bits per heavy atom. The molecule has 1 amide bonds. The minimum absolute atomic E-state index is 0.00229. The van der Waals surface area contributed by atoms with Crippen LogP contribution < -0.4 is 0 Å². The number of para-hydroxylation sites is 1. The zero-order chi connectivity index (χ0) is 18.0. The number of amides is 1. The summed E-state index contributed by atoms with van der Waals surface area (Å²) in [4.78, 5) is 28.9. The Bertz CT molecular complexity index is 772. The summed E-state index contributed by atoms with van der Waals surface area (Å²) in [7, 11) is 1.41. The Morgan fingerprint density at radius 1 is 1.25 bits per heavy atom. The molecule has 0 saturated carbocycles. The fraction of sp³-hybridized carbons (Fsp3) is 0.375.